The summed E-state index contributed by atoms with van der Waals surface area (Å²) in [7, 11) is 2.13. The highest BCUT2D eigenvalue weighted by atomic mass is 16.5. The number of anilines is 1. The number of aromatic nitrogens is 1. The third-order valence-corrected chi connectivity index (χ3v) is 4.11. The second kappa shape index (κ2) is 7.07. The lowest BCUT2D eigenvalue weighted by molar-refractivity contribution is -0.0261. The van der Waals surface area contributed by atoms with Gasteiger partial charge in [0.05, 0.1) is 12.7 Å². The maximum atomic E-state index is 12.3. The highest BCUT2D eigenvalue weighted by Crippen LogP contribution is 2.29. The molecular formula is C16H24N4O2. The molecule has 1 aliphatic heterocycles. The van der Waals surface area contributed by atoms with E-state index in [0.29, 0.717) is 25.5 Å². The first-order valence-electron chi connectivity index (χ1n) is 7.98. The van der Waals surface area contributed by atoms with Gasteiger partial charge in [0.25, 0.3) is 0 Å². The lowest BCUT2D eigenvalue weighted by atomic mass is 10.2. The zero-order valence-corrected chi connectivity index (χ0v) is 13.1. The van der Waals surface area contributed by atoms with Crippen molar-refractivity contribution < 1.29 is 9.53 Å². The van der Waals surface area contributed by atoms with E-state index in [-0.39, 0.29) is 12.1 Å². The molecule has 3 rings (SSSR count). The summed E-state index contributed by atoms with van der Waals surface area (Å²) in [6, 6.07) is 5.38. The summed E-state index contributed by atoms with van der Waals surface area (Å²) in [5, 5.41) is 2.83. The van der Waals surface area contributed by atoms with Gasteiger partial charge >= 0.3 is 6.03 Å². The minimum absolute atomic E-state index is 0.0898. The average Bonchev–Trinajstić information content (AvgIpc) is 3.32. The summed E-state index contributed by atoms with van der Waals surface area (Å²) in [6.45, 7) is 3.87. The highest BCUT2D eigenvalue weighted by Gasteiger charge is 2.28. The fourth-order valence-corrected chi connectivity index (χ4v) is 2.80. The zero-order chi connectivity index (χ0) is 15.4. The molecule has 1 atom stereocenters. The van der Waals surface area contributed by atoms with Crippen LogP contribution in [0.3, 0.4) is 0 Å². The third-order valence-electron chi connectivity index (χ3n) is 4.11. The van der Waals surface area contributed by atoms with E-state index in [1.807, 2.05) is 17.0 Å². The molecule has 0 unspecified atom stereocenters. The van der Waals surface area contributed by atoms with Gasteiger partial charge in [-0.05, 0) is 37.9 Å². The van der Waals surface area contributed by atoms with E-state index in [9.17, 15) is 4.79 Å². The predicted molar refractivity (Wildman–Crippen MR) is 84.8 cm³/mol. The normalized spacial score (nSPS) is 21.9. The lowest BCUT2D eigenvalue weighted by Crippen LogP contribution is -2.50. The number of urea groups is 1. The van der Waals surface area contributed by atoms with E-state index >= 15 is 0 Å². The quantitative estimate of drug-likeness (QED) is 0.899. The van der Waals surface area contributed by atoms with E-state index in [1.54, 1.807) is 12.3 Å². The second-order valence-electron chi connectivity index (χ2n) is 6.25. The first-order chi connectivity index (χ1) is 10.7. The minimum atomic E-state index is -0.100. The second-order valence-corrected chi connectivity index (χ2v) is 6.25. The average molecular weight is 304 g/mol. The molecule has 6 heteroatoms. The summed E-state index contributed by atoms with van der Waals surface area (Å²) in [6.07, 6.45) is 4.47. The van der Waals surface area contributed by atoms with Crippen LogP contribution >= 0.6 is 0 Å². The largest absolute Gasteiger partial charge is 0.373 e. The molecule has 120 valence electrons. The molecule has 0 aromatic carbocycles. The molecule has 2 fully saturated rings. The number of carbonyl (C=O) groups excluding carboxylic acids is 1. The smallest absolute Gasteiger partial charge is 0.323 e. The van der Waals surface area contributed by atoms with Gasteiger partial charge in [0.1, 0.15) is 5.82 Å². The van der Waals surface area contributed by atoms with Crippen LogP contribution in [0.1, 0.15) is 12.8 Å². The fraction of sp³-hybridized carbons (Fsp3) is 0.625. The van der Waals surface area contributed by atoms with Gasteiger partial charge in [-0.1, -0.05) is 6.07 Å². The maximum absolute atomic E-state index is 12.3. The van der Waals surface area contributed by atoms with Crippen molar-refractivity contribution in [3.8, 4) is 0 Å². The zero-order valence-electron chi connectivity index (χ0n) is 13.1. The summed E-state index contributed by atoms with van der Waals surface area (Å²) in [5.41, 5.74) is 0. The Kier molecular flexibility index (Phi) is 4.90. The summed E-state index contributed by atoms with van der Waals surface area (Å²) < 4.78 is 5.80. The maximum Gasteiger partial charge on any atom is 0.323 e. The summed E-state index contributed by atoms with van der Waals surface area (Å²) in [4.78, 5) is 20.5. The number of carbonyl (C=O) groups is 1. The van der Waals surface area contributed by atoms with Crippen LogP contribution in [0.15, 0.2) is 24.4 Å². The summed E-state index contributed by atoms with van der Waals surface area (Å²) in [5.74, 6) is 1.46. The highest BCUT2D eigenvalue weighted by molar-refractivity contribution is 5.88. The molecule has 1 aliphatic carbocycles. The van der Waals surface area contributed by atoms with E-state index in [1.165, 1.54) is 12.8 Å². The van der Waals surface area contributed by atoms with Crippen LogP contribution in [0.4, 0.5) is 10.6 Å². The van der Waals surface area contributed by atoms with Crippen molar-refractivity contribution in [1.82, 2.24) is 14.8 Å². The van der Waals surface area contributed by atoms with Gasteiger partial charge in [-0.25, -0.2) is 9.78 Å². The predicted octanol–water partition coefficient (Wildman–Crippen LogP) is 1.66. The Morgan fingerprint density at radius 2 is 2.32 bits per heavy atom. The number of rotatable bonds is 5. The number of hydrogen-bond acceptors (Lipinski definition) is 4. The third kappa shape index (κ3) is 4.42. The molecule has 6 nitrogen and oxygen atoms in total. The van der Waals surface area contributed by atoms with Crippen molar-refractivity contribution in [1.29, 1.82) is 0 Å². The Morgan fingerprint density at radius 1 is 1.45 bits per heavy atom. The van der Waals surface area contributed by atoms with Crippen LogP contribution < -0.4 is 5.32 Å². The van der Waals surface area contributed by atoms with Crippen LogP contribution in [-0.4, -0.2) is 66.8 Å². The van der Waals surface area contributed by atoms with Gasteiger partial charge in [0.2, 0.25) is 0 Å². The SMILES string of the molecule is CN(CC1CC1)C[C@@H]1CN(C(=O)Nc2ccccn2)CCO1. The molecule has 1 saturated heterocycles. The van der Waals surface area contributed by atoms with Crippen LogP contribution in [0.2, 0.25) is 0 Å². The first-order valence-corrected chi connectivity index (χ1v) is 7.98. The fourth-order valence-electron chi connectivity index (χ4n) is 2.80. The summed E-state index contributed by atoms with van der Waals surface area (Å²) >= 11 is 0. The molecule has 2 amide bonds. The lowest BCUT2D eigenvalue weighted by Gasteiger charge is -2.34. The molecule has 22 heavy (non-hydrogen) atoms. The first kappa shape index (κ1) is 15.2. The number of nitrogens with zero attached hydrogens (tertiary/aromatic N) is 3. The molecule has 1 N–H and O–H groups in total. The van der Waals surface area contributed by atoms with E-state index in [2.05, 4.69) is 22.2 Å². The number of likely N-dealkylation sites (N-methyl/N-ethyl adjacent to an activating group) is 1. The molecule has 1 aromatic heterocycles. The standard InChI is InChI=1S/C16H24N4O2/c1-19(10-13-5-6-13)11-14-12-20(8-9-22-14)16(21)18-15-4-2-3-7-17-15/h2-4,7,13-14H,5-6,8-12H2,1H3,(H,17,18,21)/t14-/m1/s1. The molecule has 0 bridgehead atoms. The number of nitrogens with one attached hydrogen (secondary N) is 1. The number of ether oxygens (including phenoxy) is 1. The molecular weight excluding hydrogens is 280 g/mol. The van der Waals surface area contributed by atoms with Crippen LogP contribution in [0.25, 0.3) is 0 Å². The molecule has 2 heterocycles. The number of morpholine rings is 1. The van der Waals surface area contributed by atoms with Gasteiger partial charge in [0.15, 0.2) is 0 Å². The van der Waals surface area contributed by atoms with Crippen LogP contribution in [0.5, 0.6) is 0 Å². The number of pyridine rings is 1. The monoisotopic (exact) mass is 304 g/mol. The van der Waals surface area contributed by atoms with Gasteiger partial charge in [-0.2, -0.15) is 0 Å². The minimum Gasteiger partial charge on any atom is -0.373 e. The van der Waals surface area contributed by atoms with Crippen molar-refractivity contribution >= 4 is 11.8 Å². The van der Waals surface area contributed by atoms with Crippen molar-refractivity contribution in [2.75, 3.05) is 45.2 Å². The van der Waals surface area contributed by atoms with Crippen molar-refractivity contribution in [2.24, 2.45) is 5.92 Å². The Morgan fingerprint density at radius 3 is 3.05 bits per heavy atom. The molecule has 0 spiro atoms. The number of amides is 2. The van der Waals surface area contributed by atoms with E-state index in [0.717, 1.165) is 19.0 Å². The van der Waals surface area contributed by atoms with Crippen LogP contribution in [-0.2, 0) is 4.74 Å². The van der Waals surface area contributed by atoms with Gasteiger partial charge in [-0.3, -0.25) is 5.32 Å². The van der Waals surface area contributed by atoms with Gasteiger partial charge in [-0.15, -0.1) is 0 Å². The Balaban J connectivity index is 1.47. The molecule has 1 aromatic rings. The number of hydrogen-bond donors (Lipinski definition) is 1. The topological polar surface area (TPSA) is 57.7 Å². The van der Waals surface area contributed by atoms with Gasteiger partial charge in [0, 0.05) is 32.4 Å². The van der Waals surface area contributed by atoms with Gasteiger partial charge < -0.3 is 14.5 Å². The van der Waals surface area contributed by atoms with Crippen molar-refractivity contribution in [3.05, 3.63) is 24.4 Å². The van der Waals surface area contributed by atoms with E-state index in [4.69, 9.17) is 4.74 Å². The molecule has 1 saturated carbocycles. The Bertz CT molecular complexity index is 492. The van der Waals surface area contributed by atoms with E-state index < -0.39 is 0 Å². The Hall–Kier alpha value is -1.66. The molecule has 0 radical (unpaired) electrons. The Labute approximate surface area is 131 Å². The molecule has 2 aliphatic rings. The van der Waals surface area contributed by atoms with Crippen molar-refractivity contribution in [3.63, 3.8) is 0 Å². The van der Waals surface area contributed by atoms with Crippen molar-refractivity contribution in [2.45, 2.75) is 18.9 Å². The van der Waals surface area contributed by atoms with Crippen LogP contribution in [0, 0.1) is 5.92 Å².